The Morgan fingerprint density at radius 1 is 0.806 bits per heavy atom. The number of carbonyl (C=O) groups excluding carboxylic acids is 5. The third-order valence-corrected chi connectivity index (χ3v) is 12.9. The highest BCUT2D eigenvalue weighted by molar-refractivity contribution is 6.25. The van der Waals surface area contributed by atoms with E-state index in [1.54, 1.807) is 61.2 Å². The number of morpholine rings is 1. The molecule has 0 unspecified atom stereocenters. The van der Waals surface area contributed by atoms with E-state index in [2.05, 4.69) is 5.32 Å². The molecule has 13 heteroatoms. The number of amides is 4. The molecule has 13 nitrogen and oxygen atoms in total. The number of hydrogen-bond donors (Lipinski definition) is 2. The average Bonchev–Trinajstić information content (AvgIpc) is 3.74. The summed E-state index contributed by atoms with van der Waals surface area (Å²) in [7, 11) is 1.23. The highest BCUT2D eigenvalue weighted by atomic mass is 16.6. The van der Waals surface area contributed by atoms with Crippen molar-refractivity contribution in [2.45, 2.75) is 81.6 Å². The fourth-order valence-corrected chi connectivity index (χ4v) is 10.3. The quantitative estimate of drug-likeness (QED) is 0.171. The Hall–Kier alpha value is -6.05. The third kappa shape index (κ3) is 7.40. The Morgan fingerprint density at radius 2 is 1.44 bits per heavy atom. The van der Waals surface area contributed by atoms with Gasteiger partial charge in [-0.1, -0.05) is 124 Å². The molecule has 0 bridgehead atoms. The normalized spacial score (nSPS) is 25.3. The zero-order chi connectivity index (χ0) is 43.5. The number of para-hydroxylation sites is 1. The van der Waals surface area contributed by atoms with Crippen LogP contribution in [0.2, 0.25) is 0 Å². The summed E-state index contributed by atoms with van der Waals surface area (Å²) in [6.07, 6.45) is 3.55. The number of hydrogen-bond acceptors (Lipinski definition) is 10. The summed E-state index contributed by atoms with van der Waals surface area (Å²) in [6.45, 7) is 4.16. The lowest BCUT2D eigenvalue weighted by molar-refractivity contribution is -0.179. The summed E-state index contributed by atoms with van der Waals surface area (Å²) in [6, 6.07) is 28.1. The molecule has 4 aliphatic heterocycles. The summed E-state index contributed by atoms with van der Waals surface area (Å²) >= 11 is 0. The van der Waals surface area contributed by atoms with Crippen LogP contribution >= 0.6 is 0 Å². The molecule has 4 aromatic carbocycles. The standard InChI is InChI=1S/C49H54N4O9/c1-31(2)39(45(56)60-3)50-48(59)52-37-25-14-13-24-36(37)49(47(52)58)38(44(55)51-26-15-5-4-6-16-27-51)41-46(57)62-42(33-20-11-8-12-21-33)40(32-18-9-7-10-19-32)53(41)43(49)34-22-17-23-35(30-34)61-29-28-54/h7-14,17-25,30-31,38-43,54H,4-6,15-16,26-29H2,1-3H3,(H,50,59)/t38-,39+,40-,41-,42+,43+,49-/m1/s1. The van der Waals surface area contributed by atoms with E-state index in [1.807, 2.05) is 71.6 Å². The van der Waals surface area contributed by atoms with Crippen LogP contribution < -0.4 is 15.0 Å². The van der Waals surface area contributed by atoms with Crippen LogP contribution in [0.15, 0.2) is 109 Å². The van der Waals surface area contributed by atoms with Crippen LogP contribution in [0.5, 0.6) is 5.75 Å². The minimum absolute atomic E-state index is 0.00362. The van der Waals surface area contributed by atoms with Crippen molar-refractivity contribution in [2.75, 3.05) is 38.3 Å². The number of carbonyl (C=O) groups is 5. The summed E-state index contributed by atoms with van der Waals surface area (Å²) in [5.74, 6) is -3.81. The summed E-state index contributed by atoms with van der Waals surface area (Å²) in [4.78, 5) is 80.3. The zero-order valence-electron chi connectivity index (χ0n) is 35.4. The van der Waals surface area contributed by atoms with Gasteiger partial charge in [0, 0.05) is 13.1 Å². The molecule has 4 amide bonds. The van der Waals surface area contributed by atoms with E-state index in [4.69, 9.17) is 14.2 Å². The second-order valence-electron chi connectivity index (χ2n) is 16.9. The van der Waals surface area contributed by atoms with Crippen molar-refractivity contribution in [3.63, 3.8) is 0 Å². The lowest BCUT2D eigenvalue weighted by atomic mass is 9.65. The highest BCUT2D eigenvalue weighted by Crippen LogP contribution is 2.66. The second-order valence-corrected chi connectivity index (χ2v) is 16.9. The van der Waals surface area contributed by atoms with Gasteiger partial charge in [0.15, 0.2) is 0 Å². The molecule has 1 spiro atoms. The molecule has 7 atom stereocenters. The average molecular weight is 843 g/mol. The molecule has 0 aromatic heterocycles. The van der Waals surface area contributed by atoms with Gasteiger partial charge in [-0.3, -0.25) is 19.3 Å². The second kappa shape index (κ2) is 18.1. The maximum atomic E-state index is 16.4. The van der Waals surface area contributed by atoms with Gasteiger partial charge >= 0.3 is 18.0 Å². The Balaban J connectivity index is 1.43. The van der Waals surface area contributed by atoms with Crippen LogP contribution in [-0.4, -0.2) is 90.2 Å². The SMILES string of the molecule is COC(=O)[C@@H](NC(=O)N1C(=O)[C@@]2(c3ccccc31)[C@H](c1cccc(OCCO)c1)N1[C@H](c3ccccc3)[C@H](c3ccccc3)OC(=O)[C@H]1[C@@H]2C(=O)N1CCCCCCC1)C(C)C. The lowest BCUT2D eigenvalue weighted by Gasteiger charge is -2.46. The number of nitrogens with zero attached hydrogens (tertiary/aromatic N) is 3. The van der Waals surface area contributed by atoms with Crippen molar-refractivity contribution in [2.24, 2.45) is 11.8 Å². The number of aliphatic hydroxyl groups excluding tert-OH is 1. The van der Waals surface area contributed by atoms with Gasteiger partial charge in [-0.2, -0.15) is 0 Å². The van der Waals surface area contributed by atoms with Crippen LogP contribution in [0, 0.1) is 11.8 Å². The number of likely N-dealkylation sites (tertiary alicyclic amines) is 1. The van der Waals surface area contributed by atoms with E-state index in [-0.39, 0.29) is 24.8 Å². The molecule has 4 aromatic rings. The van der Waals surface area contributed by atoms with E-state index >= 15 is 14.4 Å². The minimum atomic E-state index is -1.91. The van der Waals surface area contributed by atoms with E-state index < -0.39 is 71.4 Å². The molecular formula is C49H54N4O9. The minimum Gasteiger partial charge on any atom is -0.491 e. The molecule has 4 heterocycles. The first-order valence-electron chi connectivity index (χ1n) is 21.7. The summed E-state index contributed by atoms with van der Waals surface area (Å²) < 4.78 is 17.6. The molecule has 8 rings (SSSR count). The van der Waals surface area contributed by atoms with Gasteiger partial charge < -0.3 is 29.5 Å². The lowest BCUT2D eigenvalue weighted by Crippen LogP contribution is -2.58. The number of anilines is 1. The first kappa shape index (κ1) is 42.6. The highest BCUT2D eigenvalue weighted by Gasteiger charge is 2.76. The van der Waals surface area contributed by atoms with Crippen molar-refractivity contribution in [3.8, 4) is 5.75 Å². The number of aliphatic hydroxyl groups is 1. The monoisotopic (exact) mass is 842 g/mol. The summed E-state index contributed by atoms with van der Waals surface area (Å²) in [5.41, 5.74) is 0.773. The number of ether oxygens (including phenoxy) is 3. The van der Waals surface area contributed by atoms with Gasteiger partial charge in [0.25, 0.3) is 0 Å². The van der Waals surface area contributed by atoms with Crippen molar-refractivity contribution in [1.29, 1.82) is 0 Å². The number of fused-ring (bicyclic) bond motifs is 3. The van der Waals surface area contributed by atoms with Gasteiger partial charge in [-0.15, -0.1) is 0 Å². The molecule has 2 N–H and O–H groups in total. The summed E-state index contributed by atoms with van der Waals surface area (Å²) in [5, 5.41) is 12.5. The zero-order valence-corrected chi connectivity index (χ0v) is 35.4. The van der Waals surface area contributed by atoms with Crippen LogP contribution in [0.4, 0.5) is 10.5 Å². The van der Waals surface area contributed by atoms with Gasteiger partial charge in [-0.25, -0.2) is 14.5 Å². The molecule has 3 saturated heterocycles. The van der Waals surface area contributed by atoms with Gasteiger partial charge in [-0.05, 0) is 59.2 Å². The fraction of sp³-hybridized carbons (Fsp3) is 0.408. The maximum absolute atomic E-state index is 16.4. The van der Waals surface area contributed by atoms with Gasteiger partial charge in [0.1, 0.15) is 36.0 Å². The Labute approximate surface area is 361 Å². The number of rotatable bonds is 10. The van der Waals surface area contributed by atoms with Crippen LogP contribution in [-0.2, 0) is 34.1 Å². The molecule has 0 aliphatic carbocycles. The van der Waals surface area contributed by atoms with E-state index in [1.165, 1.54) is 7.11 Å². The van der Waals surface area contributed by atoms with E-state index in [0.717, 1.165) is 48.1 Å². The molecular weight excluding hydrogens is 789 g/mol. The van der Waals surface area contributed by atoms with Crippen LogP contribution in [0.1, 0.15) is 86.4 Å². The fourth-order valence-electron chi connectivity index (χ4n) is 10.3. The molecule has 0 saturated carbocycles. The van der Waals surface area contributed by atoms with Crippen molar-refractivity contribution < 1.29 is 43.3 Å². The molecule has 3 fully saturated rings. The number of nitrogens with one attached hydrogen (secondary N) is 1. The Kier molecular flexibility index (Phi) is 12.5. The largest absolute Gasteiger partial charge is 0.491 e. The molecule has 324 valence electrons. The topological polar surface area (TPSA) is 155 Å². The van der Waals surface area contributed by atoms with E-state index in [9.17, 15) is 14.7 Å². The van der Waals surface area contributed by atoms with Gasteiger partial charge in [0.2, 0.25) is 11.8 Å². The smallest absolute Gasteiger partial charge is 0.329 e. The third-order valence-electron chi connectivity index (χ3n) is 12.9. The first-order chi connectivity index (χ1) is 30.1. The number of imide groups is 1. The van der Waals surface area contributed by atoms with Crippen molar-refractivity contribution in [1.82, 2.24) is 15.1 Å². The molecule has 0 radical (unpaired) electrons. The number of methoxy groups -OCH3 is 1. The van der Waals surface area contributed by atoms with Gasteiger partial charge in [0.05, 0.1) is 37.4 Å². The molecule has 4 aliphatic rings. The van der Waals surface area contributed by atoms with E-state index in [0.29, 0.717) is 30.0 Å². The number of benzene rings is 4. The number of urea groups is 1. The number of cyclic esters (lactones) is 1. The van der Waals surface area contributed by atoms with Crippen molar-refractivity contribution in [3.05, 3.63) is 131 Å². The molecule has 62 heavy (non-hydrogen) atoms. The van der Waals surface area contributed by atoms with Crippen molar-refractivity contribution >= 4 is 35.5 Å². The predicted molar refractivity (Wildman–Crippen MR) is 230 cm³/mol. The van der Waals surface area contributed by atoms with Crippen LogP contribution in [0.25, 0.3) is 0 Å². The predicted octanol–water partition coefficient (Wildman–Crippen LogP) is 6.42. The number of esters is 2. The Bertz CT molecular complexity index is 2280. The Morgan fingerprint density at radius 3 is 2.10 bits per heavy atom. The van der Waals surface area contributed by atoms with Crippen LogP contribution in [0.3, 0.4) is 0 Å². The first-order valence-corrected chi connectivity index (χ1v) is 21.7. The maximum Gasteiger partial charge on any atom is 0.329 e.